The van der Waals surface area contributed by atoms with E-state index in [2.05, 4.69) is 34.1 Å². The highest BCUT2D eigenvalue weighted by molar-refractivity contribution is 5.75. The van der Waals surface area contributed by atoms with E-state index in [0.717, 1.165) is 24.3 Å². The second-order valence-corrected chi connectivity index (χ2v) is 4.67. The van der Waals surface area contributed by atoms with Gasteiger partial charge in [-0.15, -0.1) is 0 Å². The molecule has 0 fully saturated rings. The molecule has 0 unspecified atom stereocenters. The number of pyridine rings is 1. The summed E-state index contributed by atoms with van der Waals surface area (Å²) in [6.07, 6.45) is 7.11. The van der Waals surface area contributed by atoms with Crippen molar-refractivity contribution in [2.75, 3.05) is 17.2 Å². The van der Waals surface area contributed by atoms with Crippen LogP contribution in [0.25, 0.3) is 0 Å². The van der Waals surface area contributed by atoms with Gasteiger partial charge in [-0.1, -0.05) is 18.2 Å². The zero-order valence-corrected chi connectivity index (χ0v) is 10.3. The number of hydrogen-bond donors (Lipinski definition) is 1. The van der Waals surface area contributed by atoms with E-state index in [1.807, 2.05) is 6.07 Å². The largest absolute Gasteiger partial charge is 0.396 e. The molecule has 0 bridgehead atoms. The Morgan fingerprint density at radius 1 is 1.06 bits per heavy atom. The monoisotopic (exact) mass is 239 g/mol. The van der Waals surface area contributed by atoms with Gasteiger partial charge in [0.05, 0.1) is 17.6 Å². The first kappa shape index (κ1) is 11.1. The number of aryl methyl sites for hydroxylation is 1. The Labute approximate surface area is 107 Å². The Morgan fingerprint density at radius 3 is 2.83 bits per heavy atom. The van der Waals surface area contributed by atoms with Crippen molar-refractivity contribution in [3.63, 3.8) is 0 Å². The average molecular weight is 239 g/mol. The predicted molar refractivity (Wildman–Crippen MR) is 75.0 cm³/mol. The minimum Gasteiger partial charge on any atom is -0.396 e. The molecular formula is C15H17N3. The highest BCUT2D eigenvalue weighted by Gasteiger charge is 2.17. The third kappa shape index (κ3) is 1.92. The van der Waals surface area contributed by atoms with Gasteiger partial charge in [-0.3, -0.25) is 4.98 Å². The van der Waals surface area contributed by atoms with Crippen molar-refractivity contribution in [1.82, 2.24) is 4.98 Å². The van der Waals surface area contributed by atoms with Gasteiger partial charge in [-0.25, -0.2) is 0 Å². The van der Waals surface area contributed by atoms with Crippen molar-refractivity contribution < 1.29 is 0 Å². The molecule has 2 N–H and O–H groups in total. The van der Waals surface area contributed by atoms with Gasteiger partial charge in [0.2, 0.25) is 0 Å². The molecule has 1 aliphatic rings. The summed E-state index contributed by atoms with van der Waals surface area (Å²) >= 11 is 0. The first-order chi connectivity index (χ1) is 8.86. The molecule has 0 saturated carbocycles. The minimum atomic E-state index is 0.745. The van der Waals surface area contributed by atoms with E-state index >= 15 is 0 Å². The van der Waals surface area contributed by atoms with Crippen LogP contribution in [0.4, 0.5) is 17.1 Å². The number of fused-ring (bicyclic) bond motifs is 1. The van der Waals surface area contributed by atoms with Gasteiger partial charge in [0.15, 0.2) is 0 Å². The Bertz CT molecular complexity index is 551. The number of hydrogen-bond acceptors (Lipinski definition) is 3. The van der Waals surface area contributed by atoms with E-state index < -0.39 is 0 Å². The average Bonchev–Trinajstić information content (AvgIpc) is 2.62. The standard InChI is InChI=1S/C15H17N3/c16-13-11-17-9-8-15(13)18-10-4-3-6-12-5-1-2-7-14(12)18/h1-2,5,7-9,11H,3-4,6,10,16H2. The maximum atomic E-state index is 6.06. The molecule has 3 rings (SSSR count). The zero-order chi connectivity index (χ0) is 12.4. The summed E-state index contributed by atoms with van der Waals surface area (Å²) in [5.74, 6) is 0. The van der Waals surface area contributed by atoms with E-state index in [0.29, 0.717) is 0 Å². The van der Waals surface area contributed by atoms with E-state index in [4.69, 9.17) is 5.73 Å². The second-order valence-electron chi connectivity index (χ2n) is 4.67. The lowest BCUT2D eigenvalue weighted by Gasteiger charge is -2.26. The van der Waals surface area contributed by atoms with E-state index in [9.17, 15) is 0 Å². The van der Waals surface area contributed by atoms with Crippen LogP contribution in [-0.4, -0.2) is 11.5 Å². The highest BCUT2D eigenvalue weighted by atomic mass is 15.1. The smallest absolute Gasteiger partial charge is 0.0741 e. The Kier molecular flexibility index (Phi) is 2.89. The third-order valence-electron chi connectivity index (χ3n) is 3.48. The van der Waals surface area contributed by atoms with E-state index in [1.54, 1.807) is 12.4 Å². The van der Waals surface area contributed by atoms with Gasteiger partial charge >= 0.3 is 0 Å². The van der Waals surface area contributed by atoms with Gasteiger partial charge in [-0.2, -0.15) is 0 Å². The van der Waals surface area contributed by atoms with Crippen LogP contribution in [0.15, 0.2) is 42.7 Å². The number of benzene rings is 1. The lowest BCUT2D eigenvalue weighted by molar-refractivity contribution is 0.761. The fraction of sp³-hybridized carbons (Fsp3) is 0.267. The number of nitrogens with zero attached hydrogens (tertiary/aromatic N) is 2. The lowest BCUT2D eigenvalue weighted by Crippen LogP contribution is -2.19. The quantitative estimate of drug-likeness (QED) is 0.831. The van der Waals surface area contributed by atoms with Crippen LogP contribution < -0.4 is 10.6 Å². The van der Waals surface area contributed by atoms with Crippen molar-refractivity contribution in [3.05, 3.63) is 48.3 Å². The van der Waals surface area contributed by atoms with Crippen molar-refractivity contribution >= 4 is 17.1 Å². The minimum absolute atomic E-state index is 0.745. The van der Waals surface area contributed by atoms with Gasteiger partial charge in [0, 0.05) is 18.4 Å². The molecule has 1 aromatic heterocycles. The van der Waals surface area contributed by atoms with Crippen LogP contribution in [0, 0.1) is 0 Å². The van der Waals surface area contributed by atoms with Crippen LogP contribution in [0.1, 0.15) is 18.4 Å². The summed E-state index contributed by atoms with van der Waals surface area (Å²) in [7, 11) is 0. The molecule has 3 nitrogen and oxygen atoms in total. The molecule has 18 heavy (non-hydrogen) atoms. The molecule has 2 heterocycles. The van der Waals surface area contributed by atoms with Gasteiger partial charge in [0.1, 0.15) is 0 Å². The first-order valence-electron chi connectivity index (χ1n) is 6.41. The lowest BCUT2D eigenvalue weighted by atomic mass is 10.1. The summed E-state index contributed by atoms with van der Waals surface area (Å²) in [6, 6.07) is 10.6. The molecule has 1 aliphatic heterocycles. The third-order valence-corrected chi connectivity index (χ3v) is 3.48. The van der Waals surface area contributed by atoms with Gasteiger partial charge in [-0.05, 0) is 37.0 Å². The van der Waals surface area contributed by atoms with Gasteiger partial charge < -0.3 is 10.6 Å². The summed E-state index contributed by atoms with van der Waals surface area (Å²) in [4.78, 5) is 6.39. The normalized spacial score (nSPS) is 15.0. The maximum absolute atomic E-state index is 6.06. The van der Waals surface area contributed by atoms with E-state index in [-0.39, 0.29) is 0 Å². The van der Waals surface area contributed by atoms with Crippen molar-refractivity contribution in [3.8, 4) is 0 Å². The second kappa shape index (κ2) is 4.69. The van der Waals surface area contributed by atoms with Crippen LogP contribution in [0.2, 0.25) is 0 Å². The van der Waals surface area contributed by atoms with Crippen molar-refractivity contribution in [1.29, 1.82) is 0 Å². The molecule has 1 aromatic carbocycles. The Morgan fingerprint density at radius 2 is 1.94 bits per heavy atom. The Hall–Kier alpha value is -2.03. The molecule has 0 amide bonds. The molecule has 0 saturated heterocycles. The molecule has 3 heteroatoms. The maximum Gasteiger partial charge on any atom is 0.0741 e. The highest BCUT2D eigenvalue weighted by Crippen LogP contribution is 2.34. The summed E-state index contributed by atoms with van der Waals surface area (Å²) in [5, 5.41) is 0. The fourth-order valence-corrected chi connectivity index (χ4v) is 2.59. The summed E-state index contributed by atoms with van der Waals surface area (Å²) < 4.78 is 0. The van der Waals surface area contributed by atoms with Crippen LogP contribution in [0.5, 0.6) is 0 Å². The van der Waals surface area contributed by atoms with Crippen LogP contribution >= 0.6 is 0 Å². The SMILES string of the molecule is Nc1cnccc1N1CCCCc2ccccc21. The number of aromatic nitrogens is 1. The molecule has 0 aliphatic carbocycles. The van der Waals surface area contributed by atoms with E-state index in [1.165, 1.54) is 24.1 Å². The number of rotatable bonds is 1. The summed E-state index contributed by atoms with van der Waals surface area (Å²) in [5.41, 5.74) is 10.6. The fourth-order valence-electron chi connectivity index (χ4n) is 2.59. The number of para-hydroxylation sites is 1. The number of anilines is 3. The van der Waals surface area contributed by atoms with Crippen molar-refractivity contribution in [2.45, 2.75) is 19.3 Å². The van der Waals surface area contributed by atoms with Crippen molar-refractivity contribution in [2.24, 2.45) is 0 Å². The molecule has 0 atom stereocenters. The molecule has 0 spiro atoms. The zero-order valence-electron chi connectivity index (χ0n) is 10.3. The summed E-state index contributed by atoms with van der Waals surface area (Å²) in [6.45, 7) is 1.02. The molecule has 0 radical (unpaired) electrons. The molecule has 2 aromatic rings. The molecule has 92 valence electrons. The Balaban J connectivity index is 2.10. The number of nitrogens with two attached hydrogens (primary N) is 1. The van der Waals surface area contributed by atoms with Crippen LogP contribution in [0.3, 0.4) is 0 Å². The predicted octanol–water partition coefficient (Wildman–Crippen LogP) is 3.14. The van der Waals surface area contributed by atoms with Crippen LogP contribution in [-0.2, 0) is 6.42 Å². The first-order valence-corrected chi connectivity index (χ1v) is 6.41. The van der Waals surface area contributed by atoms with Gasteiger partial charge in [0.25, 0.3) is 0 Å². The molecular weight excluding hydrogens is 222 g/mol. The topological polar surface area (TPSA) is 42.1 Å². The number of nitrogen functional groups attached to an aromatic ring is 1.